The Morgan fingerprint density at radius 1 is 0.564 bits per heavy atom. The molecule has 2 aromatic rings. The van der Waals surface area contributed by atoms with Gasteiger partial charge in [0, 0.05) is 6.07 Å². The summed E-state index contributed by atoms with van der Waals surface area (Å²) in [5, 5.41) is 8.85. The molecule has 0 atom stereocenters. The predicted molar refractivity (Wildman–Crippen MR) is 155 cm³/mol. The molecule has 8 heteroatoms. The van der Waals surface area contributed by atoms with E-state index >= 15 is 0 Å². The second-order valence-electron chi connectivity index (χ2n) is 10.9. The van der Waals surface area contributed by atoms with E-state index in [0.29, 0.717) is 70.0 Å². The summed E-state index contributed by atoms with van der Waals surface area (Å²) in [7, 11) is 6.80. The van der Waals surface area contributed by atoms with E-state index in [1.54, 1.807) is 0 Å². The van der Waals surface area contributed by atoms with Crippen LogP contribution in [-0.2, 0) is 20.6 Å². The molecule has 0 radical (unpaired) electrons. The molecule has 0 aromatic heterocycles. The highest BCUT2D eigenvalue weighted by molar-refractivity contribution is 5.52. The molecule has 2 aromatic carbocycles. The highest BCUT2D eigenvalue weighted by atomic mass is 16.6. The highest BCUT2D eigenvalue weighted by Gasteiger charge is 2.09. The quantitative estimate of drug-likeness (QED) is 0.184. The van der Waals surface area contributed by atoms with E-state index in [9.17, 15) is 0 Å². The lowest BCUT2D eigenvalue weighted by atomic mass is 10.0. The molecule has 0 bridgehead atoms. The van der Waals surface area contributed by atoms with E-state index in [-0.39, 0.29) is 0 Å². The number of ether oxygens (including phenoxy) is 5. The highest BCUT2D eigenvalue weighted by Crippen LogP contribution is 2.32. The number of aryl methyl sites for hydroxylation is 1. The van der Waals surface area contributed by atoms with Gasteiger partial charge in [0.25, 0.3) is 0 Å². The lowest BCUT2D eigenvalue weighted by Crippen LogP contribution is -2.35. The Hall–Kier alpha value is -2.52. The van der Waals surface area contributed by atoms with Crippen molar-refractivity contribution >= 4 is 11.4 Å². The number of rotatable bonds is 11. The van der Waals surface area contributed by atoms with Gasteiger partial charge in [-0.3, -0.25) is 0 Å². The molecule has 0 saturated carbocycles. The zero-order valence-corrected chi connectivity index (χ0v) is 24.2. The molecule has 0 spiro atoms. The number of hydrogen-bond acceptors (Lipinski definition) is 7. The minimum absolute atomic E-state index is 0.408. The average Bonchev–Trinajstić information content (AvgIpc) is 2.93. The Balaban J connectivity index is 1.44. The molecule has 8 nitrogen and oxygen atoms in total. The first kappa shape index (κ1) is 31.0. The van der Waals surface area contributed by atoms with Crippen molar-refractivity contribution < 1.29 is 28.2 Å². The Bertz CT molecular complexity index is 960. The second kappa shape index (κ2) is 17.9. The van der Waals surface area contributed by atoms with Crippen LogP contribution >= 0.6 is 0 Å². The van der Waals surface area contributed by atoms with Gasteiger partial charge in [0.2, 0.25) is 0 Å². The molecule has 0 fully saturated rings. The summed E-state index contributed by atoms with van der Waals surface area (Å²) in [6.07, 6.45) is 8.98. The van der Waals surface area contributed by atoms with Gasteiger partial charge in [-0.25, -0.2) is 0 Å². The van der Waals surface area contributed by atoms with Crippen molar-refractivity contribution in [3.63, 3.8) is 0 Å². The van der Waals surface area contributed by atoms with Crippen LogP contribution in [0.5, 0.6) is 11.5 Å². The minimum atomic E-state index is 0.408. The number of nitrogens with zero attached hydrogens (tertiary/aromatic N) is 3. The van der Waals surface area contributed by atoms with E-state index in [0.717, 1.165) is 16.6 Å². The third-order valence-electron chi connectivity index (χ3n) is 6.40. The monoisotopic (exact) mass is 542 g/mol. The lowest BCUT2D eigenvalue weighted by Gasteiger charge is -2.23. The van der Waals surface area contributed by atoms with Gasteiger partial charge in [-0.05, 0) is 55.5 Å². The summed E-state index contributed by atoms with van der Waals surface area (Å²) >= 11 is 0. The fraction of sp³-hybridized carbons (Fsp3) is 0.613. The molecule has 1 aliphatic rings. The third-order valence-corrected chi connectivity index (χ3v) is 6.40. The van der Waals surface area contributed by atoms with Crippen molar-refractivity contribution in [2.75, 3.05) is 80.5 Å². The molecule has 0 aliphatic carbocycles. The zero-order chi connectivity index (χ0) is 27.6. The molecule has 1 heterocycles. The van der Waals surface area contributed by atoms with Crippen molar-refractivity contribution in [3.05, 3.63) is 48.0 Å². The third kappa shape index (κ3) is 13.9. The van der Waals surface area contributed by atoms with Crippen molar-refractivity contribution in [2.24, 2.45) is 10.2 Å². The molecule has 0 unspecified atom stereocenters. The number of quaternary nitrogens is 1. The van der Waals surface area contributed by atoms with Crippen LogP contribution in [0.3, 0.4) is 0 Å². The van der Waals surface area contributed by atoms with Gasteiger partial charge < -0.3 is 28.2 Å². The Morgan fingerprint density at radius 2 is 1.08 bits per heavy atom. The molecule has 0 N–H and O–H groups in total. The van der Waals surface area contributed by atoms with Crippen molar-refractivity contribution in [2.45, 2.75) is 44.9 Å². The van der Waals surface area contributed by atoms with E-state index in [4.69, 9.17) is 23.7 Å². The van der Waals surface area contributed by atoms with Gasteiger partial charge >= 0.3 is 0 Å². The van der Waals surface area contributed by atoms with Crippen LogP contribution in [0.15, 0.2) is 52.7 Å². The number of azo groups is 1. The normalized spacial score (nSPS) is 16.1. The molecule has 1 aliphatic heterocycles. The SMILES string of the molecule is C[N+](C)(C)CCCCCCCCc1ccc(N=Nc2ccc3c(c2)OCCOCCOCCOCCO3)cc1. The van der Waals surface area contributed by atoms with Gasteiger partial charge in [-0.2, -0.15) is 10.2 Å². The topological polar surface area (TPSA) is 70.9 Å². The fourth-order valence-corrected chi connectivity index (χ4v) is 4.22. The zero-order valence-electron chi connectivity index (χ0n) is 24.2. The van der Waals surface area contributed by atoms with E-state index in [2.05, 4.69) is 43.5 Å². The summed E-state index contributed by atoms with van der Waals surface area (Å²) in [6, 6.07) is 14.0. The van der Waals surface area contributed by atoms with Crippen LogP contribution in [0.4, 0.5) is 11.4 Å². The van der Waals surface area contributed by atoms with Crippen LogP contribution in [0.25, 0.3) is 0 Å². The lowest BCUT2D eigenvalue weighted by molar-refractivity contribution is -0.870. The predicted octanol–water partition coefficient (Wildman–Crippen LogP) is 6.51. The van der Waals surface area contributed by atoms with Crippen LogP contribution in [0.2, 0.25) is 0 Å². The smallest absolute Gasteiger partial charge is 0.163 e. The van der Waals surface area contributed by atoms with Crippen LogP contribution in [0.1, 0.15) is 44.1 Å². The number of benzene rings is 2. The summed E-state index contributed by atoms with van der Waals surface area (Å²) in [4.78, 5) is 0. The van der Waals surface area contributed by atoms with Crippen molar-refractivity contribution in [1.29, 1.82) is 0 Å². The van der Waals surface area contributed by atoms with E-state index < -0.39 is 0 Å². The first-order chi connectivity index (χ1) is 19.0. The molecular weight excluding hydrogens is 494 g/mol. The molecule has 39 heavy (non-hydrogen) atoms. The Kier molecular flexibility index (Phi) is 14.3. The Morgan fingerprint density at radius 3 is 1.72 bits per heavy atom. The number of hydrogen-bond donors (Lipinski definition) is 0. The van der Waals surface area contributed by atoms with Crippen molar-refractivity contribution in [1.82, 2.24) is 0 Å². The first-order valence-corrected chi connectivity index (χ1v) is 14.4. The maximum absolute atomic E-state index is 5.93. The summed E-state index contributed by atoms with van der Waals surface area (Å²) in [6.45, 7) is 5.19. The molecule has 216 valence electrons. The molecule has 0 saturated heterocycles. The summed E-state index contributed by atoms with van der Waals surface area (Å²) in [5.74, 6) is 1.27. The standard InChI is InChI=1S/C31H48N3O5/c1-34(2,3)17-9-7-5-4-6-8-10-27-11-13-28(14-12-27)32-33-29-15-16-30-31(26-29)39-25-23-37-21-19-35-18-20-36-22-24-38-30/h11-16,26H,4-10,17-25H2,1-3H3/q+1. The Labute approximate surface area is 234 Å². The summed E-state index contributed by atoms with van der Waals surface area (Å²) < 4.78 is 29.4. The first-order valence-electron chi connectivity index (χ1n) is 14.4. The molecule has 3 rings (SSSR count). The van der Waals surface area contributed by atoms with Gasteiger partial charge in [0.15, 0.2) is 11.5 Å². The maximum Gasteiger partial charge on any atom is 0.163 e. The minimum Gasteiger partial charge on any atom is -0.487 e. The fourth-order valence-electron chi connectivity index (χ4n) is 4.22. The van der Waals surface area contributed by atoms with Gasteiger partial charge in [0.1, 0.15) is 13.2 Å². The average molecular weight is 543 g/mol. The second-order valence-corrected chi connectivity index (χ2v) is 10.9. The molecular formula is C31H48N3O5+. The largest absolute Gasteiger partial charge is 0.487 e. The number of fused-ring (bicyclic) bond motifs is 1. The van der Waals surface area contributed by atoms with Crippen LogP contribution < -0.4 is 9.47 Å². The van der Waals surface area contributed by atoms with Gasteiger partial charge in [-0.1, -0.05) is 31.4 Å². The van der Waals surface area contributed by atoms with Gasteiger partial charge in [-0.15, -0.1) is 0 Å². The van der Waals surface area contributed by atoms with Crippen molar-refractivity contribution in [3.8, 4) is 11.5 Å². The van der Waals surface area contributed by atoms with Crippen LogP contribution in [-0.4, -0.2) is 85.0 Å². The van der Waals surface area contributed by atoms with E-state index in [1.807, 2.05) is 30.3 Å². The van der Waals surface area contributed by atoms with Gasteiger partial charge in [0.05, 0.1) is 78.7 Å². The van der Waals surface area contributed by atoms with E-state index in [1.165, 1.54) is 50.6 Å². The number of unbranched alkanes of at least 4 members (excludes halogenated alkanes) is 5. The van der Waals surface area contributed by atoms with Crippen LogP contribution in [0, 0.1) is 0 Å². The molecule has 0 amide bonds. The maximum atomic E-state index is 5.93. The summed E-state index contributed by atoms with van der Waals surface area (Å²) in [5.41, 5.74) is 2.88.